The van der Waals surface area contributed by atoms with Gasteiger partial charge in [0, 0.05) is 18.4 Å². The Morgan fingerprint density at radius 2 is 1.76 bits per heavy atom. The first-order valence-electron chi connectivity index (χ1n) is 6.93. The van der Waals surface area contributed by atoms with Crippen LogP contribution in [0.4, 0.5) is 0 Å². The highest BCUT2D eigenvalue weighted by Gasteiger charge is 2.04. The Bertz CT molecular complexity index is 212. The summed E-state index contributed by atoms with van der Waals surface area (Å²) >= 11 is 0. The molecule has 0 amide bonds. The largest absolute Gasteiger partial charge is 0.314 e. The predicted octanol–water partition coefficient (Wildman–Crippen LogP) is 3.86. The molecule has 0 aliphatic carbocycles. The van der Waals surface area contributed by atoms with Crippen molar-refractivity contribution in [3.05, 3.63) is 11.9 Å². The molecule has 100 valence electrons. The minimum absolute atomic E-state index is 0.920. The van der Waals surface area contributed by atoms with E-state index in [1.807, 2.05) is 5.01 Å². The SMILES string of the molecule is C=N/C=C(/CCCCCC)N(N)CCCCC. The predicted molar refractivity (Wildman–Crippen MR) is 76.8 cm³/mol. The number of hydrogen-bond donors (Lipinski definition) is 1. The third kappa shape index (κ3) is 8.93. The fourth-order valence-corrected chi connectivity index (χ4v) is 1.80. The zero-order valence-electron chi connectivity index (χ0n) is 11.6. The molecule has 0 rings (SSSR count). The summed E-state index contributed by atoms with van der Waals surface area (Å²) in [6.45, 7) is 8.86. The van der Waals surface area contributed by atoms with E-state index >= 15 is 0 Å². The summed E-state index contributed by atoms with van der Waals surface area (Å²) in [7, 11) is 0. The van der Waals surface area contributed by atoms with Crippen LogP contribution < -0.4 is 5.84 Å². The van der Waals surface area contributed by atoms with E-state index in [2.05, 4.69) is 25.6 Å². The topological polar surface area (TPSA) is 41.6 Å². The zero-order chi connectivity index (χ0) is 12.9. The van der Waals surface area contributed by atoms with Crippen molar-refractivity contribution >= 4 is 6.72 Å². The summed E-state index contributed by atoms with van der Waals surface area (Å²) in [5, 5.41) is 1.84. The second kappa shape index (κ2) is 11.6. The lowest BCUT2D eigenvalue weighted by Gasteiger charge is -2.21. The van der Waals surface area contributed by atoms with E-state index in [-0.39, 0.29) is 0 Å². The molecular weight excluding hydrogens is 210 g/mol. The van der Waals surface area contributed by atoms with Crippen molar-refractivity contribution in [2.24, 2.45) is 10.8 Å². The summed E-state index contributed by atoms with van der Waals surface area (Å²) in [5.41, 5.74) is 1.12. The van der Waals surface area contributed by atoms with E-state index in [1.54, 1.807) is 6.20 Å². The summed E-state index contributed by atoms with van der Waals surface area (Å²) in [6.07, 6.45) is 11.5. The fraction of sp³-hybridized carbons (Fsp3) is 0.786. The molecule has 0 spiro atoms. The molecule has 0 saturated carbocycles. The van der Waals surface area contributed by atoms with Gasteiger partial charge in [0.05, 0.1) is 0 Å². The average Bonchev–Trinajstić information content (AvgIpc) is 2.33. The number of aliphatic imine (C=N–C) groups is 1. The van der Waals surface area contributed by atoms with Gasteiger partial charge in [-0.2, -0.15) is 0 Å². The van der Waals surface area contributed by atoms with Gasteiger partial charge in [-0.1, -0.05) is 46.0 Å². The Balaban J connectivity index is 3.95. The van der Waals surface area contributed by atoms with Crippen molar-refractivity contribution in [1.29, 1.82) is 0 Å². The molecule has 0 bridgehead atoms. The maximum Gasteiger partial charge on any atom is 0.0473 e. The van der Waals surface area contributed by atoms with Gasteiger partial charge in [-0.15, -0.1) is 0 Å². The molecule has 0 radical (unpaired) electrons. The average molecular weight is 239 g/mol. The van der Waals surface area contributed by atoms with E-state index < -0.39 is 0 Å². The number of nitrogens with zero attached hydrogens (tertiary/aromatic N) is 2. The van der Waals surface area contributed by atoms with Crippen molar-refractivity contribution in [2.75, 3.05) is 6.54 Å². The van der Waals surface area contributed by atoms with Gasteiger partial charge in [-0.05, 0) is 26.0 Å². The quantitative estimate of drug-likeness (QED) is 0.257. The molecule has 0 saturated heterocycles. The second-order valence-corrected chi connectivity index (χ2v) is 4.51. The molecule has 0 aliphatic rings. The first-order valence-corrected chi connectivity index (χ1v) is 6.93. The summed E-state index contributed by atoms with van der Waals surface area (Å²) in [4.78, 5) is 3.85. The summed E-state index contributed by atoms with van der Waals surface area (Å²) in [6, 6.07) is 0. The van der Waals surface area contributed by atoms with Crippen LogP contribution in [0.15, 0.2) is 16.9 Å². The highest BCUT2D eigenvalue weighted by molar-refractivity contribution is 5.26. The smallest absolute Gasteiger partial charge is 0.0473 e. The Kier molecular flexibility index (Phi) is 11.1. The lowest BCUT2D eigenvalue weighted by atomic mass is 10.1. The van der Waals surface area contributed by atoms with Crippen molar-refractivity contribution in [2.45, 2.75) is 65.2 Å². The van der Waals surface area contributed by atoms with Gasteiger partial charge in [-0.25, -0.2) is 5.84 Å². The van der Waals surface area contributed by atoms with Crippen LogP contribution in [0.25, 0.3) is 0 Å². The molecule has 3 nitrogen and oxygen atoms in total. The van der Waals surface area contributed by atoms with E-state index in [4.69, 9.17) is 5.84 Å². The van der Waals surface area contributed by atoms with Gasteiger partial charge in [0.25, 0.3) is 0 Å². The zero-order valence-corrected chi connectivity index (χ0v) is 11.6. The second-order valence-electron chi connectivity index (χ2n) is 4.51. The Morgan fingerprint density at radius 3 is 2.35 bits per heavy atom. The highest BCUT2D eigenvalue weighted by Crippen LogP contribution is 2.13. The summed E-state index contributed by atoms with van der Waals surface area (Å²) < 4.78 is 0. The molecule has 3 heteroatoms. The normalized spacial score (nSPS) is 11.6. The van der Waals surface area contributed by atoms with Crippen molar-refractivity contribution in [1.82, 2.24) is 5.01 Å². The van der Waals surface area contributed by atoms with Gasteiger partial charge in [0.2, 0.25) is 0 Å². The minimum Gasteiger partial charge on any atom is -0.314 e. The molecular formula is C14H29N3. The van der Waals surface area contributed by atoms with Crippen LogP contribution in [-0.2, 0) is 0 Å². The van der Waals surface area contributed by atoms with E-state index in [0.29, 0.717) is 0 Å². The minimum atomic E-state index is 0.920. The van der Waals surface area contributed by atoms with Crippen LogP contribution in [0.2, 0.25) is 0 Å². The molecule has 0 heterocycles. The number of unbranched alkanes of at least 4 members (excludes halogenated alkanes) is 5. The van der Waals surface area contributed by atoms with Crippen molar-refractivity contribution in [3.63, 3.8) is 0 Å². The highest BCUT2D eigenvalue weighted by atomic mass is 15.4. The first kappa shape index (κ1) is 16.2. The Hall–Kier alpha value is -0.830. The lowest BCUT2D eigenvalue weighted by molar-refractivity contribution is 0.331. The van der Waals surface area contributed by atoms with Crippen molar-refractivity contribution < 1.29 is 0 Å². The molecule has 0 aromatic heterocycles. The van der Waals surface area contributed by atoms with Crippen LogP contribution in [-0.4, -0.2) is 18.3 Å². The van der Waals surface area contributed by atoms with Crippen LogP contribution >= 0.6 is 0 Å². The molecule has 2 N–H and O–H groups in total. The molecule has 0 aromatic rings. The number of allylic oxidation sites excluding steroid dienone is 1. The van der Waals surface area contributed by atoms with E-state index in [1.165, 1.54) is 38.5 Å². The first-order chi connectivity index (χ1) is 8.26. The number of hydrogen-bond acceptors (Lipinski definition) is 3. The van der Waals surface area contributed by atoms with Gasteiger partial charge in [-0.3, -0.25) is 4.99 Å². The standard InChI is InChI=1S/C14H29N3/c1-4-6-8-9-11-14(13-16-3)17(15)12-10-7-5-2/h13H,3-12,15H2,1-2H3/b14-13-. The van der Waals surface area contributed by atoms with Crippen molar-refractivity contribution in [3.8, 4) is 0 Å². The van der Waals surface area contributed by atoms with E-state index in [9.17, 15) is 0 Å². The third-order valence-corrected chi connectivity index (χ3v) is 2.90. The molecule has 0 aromatic carbocycles. The van der Waals surface area contributed by atoms with E-state index in [0.717, 1.165) is 25.1 Å². The number of nitrogens with two attached hydrogens (primary N) is 1. The maximum absolute atomic E-state index is 6.04. The van der Waals surface area contributed by atoms with Gasteiger partial charge in [0.15, 0.2) is 0 Å². The molecule has 0 aliphatic heterocycles. The lowest BCUT2D eigenvalue weighted by Crippen LogP contribution is -2.31. The van der Waals surface area contributed by atoms with Gasteiger partial charge < -0.3 is 5.01 Å². The van der Waals surface area contributed by atoms with Gasteiger partial charge in [0.1, 0.15) is 0 Å². The summed E-state index contributed by atoms with van der Waals surface area (Å²) in [5.74, 6) is 6.04. The Morgan fingerprint density at radius 1 is 1.12 bits per heavy atom. The molecule has 0 atom stereocenters. The van der Waals surface area contributed by atoms with Crippen LogP contribution in [0, 0.1) is 0 Å². The molecule has 0 unspecified atom stereocenters. The number of hydrazine groups is 1. The van der Waals surface area contributed by atoms with Crippen LogP contribution in [0.1, 0.15) is 65.2 Å². The fourth-order valence-electron chi connectivity index (χ4n) is 1.80. The monoisotopic (exact) mass is 239 g/mol. The molecule has 17 heavy (non-hydrogen) atoms. The van der Waals surface area contributed by atoms with Gasteiger partial charge >= 0.3 is 0 Å². The molecule has 0 fully saturated rings. The third-order valence-electron chi connectivity index (χ3n) is 2.90. The number of rotatable bonds is 11. The Labute approximate surface area is 107 Å². The van der Waals surface area contributed by atoms with Crippen LogP contribution in [0.3, 0.4) is 0 Å². The van der Waals surface area contributed by atoms with Crippen LogP contribution in [0.5, 0.6) is 0 Å². The maximum atomic E-state index is 6.04.